The predicted octanol–water partition coefficient (Wildman–Crippen LogP) is 2.17. The quantitative estimate of drug-likeness (QED) is 0.584. The van der Waals surface area contributed by atoms with Crippen LogP contribution in [0.25, 0.3) is 0 Å². The van der Waals surface area contributed by atoms with E-state index in [1.165, 1.54) is 0 Å². The van der Waals surface area contributed by atoms with E-state index in [9.17, 15) is 4.79 Å². The van der Waals surface area contributed by atoms with Crippen LogP contribution in [0.4, 0.5) is 5.69 Å². The van der Waals surface area contributed by atoms with E-state index < -0.39 is 0 Å². The van der Waals surface area contributed by atoms with E-state index in [4.69, 9.17) is 15.2 Å². The Bertz CT molecular complexity index is 431. The summed E-state index contributed by atoms with van der Waals surface area (Å²) in [7, 11) is 0. The average Bonchev–Trinajstić information content (AvgIpc) is 2.45. The van der Waals surface area contributed by atoms with Gasteiger partial charge in [-0.1, -0.05) is 13.8 Å². The van der Waals surface area contributed by atoms with Gasteiger partial charge in [-0.15, -0.1) is 0 Å². The number of nitrogens with zero attached hydrogens (tertiary/aromatic N) is 1. The minimum Gasteiger partial charge on any atom is -0.490 e. The van der Waals surface area contributed by atoms with E-state index in [0.29, 0.717) is 30.2 Å². The van der Waals surface area contributed by atoms with E-state index >= 15 is 0 Å². The monoisotopic (exact) mass is 280 g/mol. The Balaban J connectivity index is 2.58. The number of nitrogens with two attached hydrogens (primary N) is 1. The molecule has 1 aromatic rings. The van der Waals surface area contributed by atoms with Crippen LogP contribution in [-0.4, -0.2) is 43.7 Å². The van der Waals surface area contributed by atoms with Gasteiger partial charge in [0.1, 0.15) is 12.4 Å². The molecule has 0 unspecified atom stereocenters. The molecule has 0 bridgehead atoms. The lowest BCUT2D eigenvalue weighted by Gasteiger charge is -2.18. The second kappa shape index (κ2) is 8.43. The third kappa shape index (κ3) is 4.74. The summed E-state index contributed by atoms with van der Waals surface area (Å²) in [4.78, 5) is 13.8. The van der Waals surface area contributed by atoms with Gasteiger partial charge in [0.15, 0.2) is 0 Å². The van der Waals surface area contributed by atoms with Crippen molar-refractivity contribution in [2.24, 2.45) is 0 Å². The maximum absolute atomic E-state index is 11.6. The van der Waals surface area contributed by atoms with Crippen molar-refractivity contribution in [1.82, 2.24) is 4.90 Å². The SMILES string of the molecule is CCOC(=O)c1ccc(OCCN(CC)CC)c(N)c1. The largest absolute Gasteiger partial charge is 0.490 e. The van der Waals surface area contributed by atoms with Gasteiger partial charge < -0.3 is 20.1 Å². The number of rotatable bonds is 8. The maximum Gasteiger partial charge on any atom is 0.338 e. The number of anilines is 1. The van der Waals surface area contributed by atoms with Gasteiger partial charge in [-0.3, -0.25) is 0 Å². The highest BCUT2D eigenvalue weighted by Crippen LogP contribution is 2.22. The van der Waals surface area contributed by atoms with E-state index in [1.54, 1.807) is 25.1 Å². The van der Waals surface area contributed by atoms with Crippen molar-refractivity contribution in [2.75, 3.05) is 38.6 Å². The van der Waals surface area contributed by atoms with Gasteiger partial charge in [-0.25, -0.2) is 4.79 Å². The molecular formula is C15H24N2O3. The van der Waals surface area contributed by atoms with Crippen LogP contribution in [0.2, 0.25) is 0 Å². The number of carbonyl (C=O) groups excluding carboxylic acids is 1. The molecule has 2 N–H and O–H groups in total. The summed E-state index contributed by atoms with van der Waals surface area (Å²) in [5.74, 6) is 0.235. The third-order valence-electron chi connectivity index (χ3n) is 3.08. The van der Waals surface area contributed by atoms with Crippen LogP contribution >= 0.6 is 0 Å². The molecule has 0 amide bonds. The minimum absolute atomic E-state index is 0.348. The average molecular weight is 280 g/mol. The molecule has 5 heteroatoms. The first kappa shape index (κ1) is 16.3. The lowest BCUT2D eigenvalue weighted by molar-refractivity contribution is 0.0526. The van der Waals surface area contributed by atoms with Crippen molar-refractivity contribution in [3.05, 3.63) is 23.8 Å². The van der Waals surface area contributed by atoms with Crippen LogP contribution in [0.5, 0.6) is 5.75 Å². The second-order valence-corrected chi connectivity index (χ2v) is 4.35. The number of ether oxygens (including phenoxy) is 2. The zero-order chi connectivity index (χ0) is 15.0. The van der Waals surface area contributed by atoms with E-state index in [1.807, 2.05) is 0 Å². The summed E-state index contributed by atoms with van der Waals surface area (Å²) in [5, 5.41) is 0. The lowest BCUT2D eigenvalue weighted by atomic mass is 10.2. The fraction of sp³-hybridized carbons (Fsp3) is 0.533. The molecule has 0 aliphatic heterocycles. The second-order valence-electron chi connectivity index (χ2n) is 4.35. The summed E-state index contributed by atoms with van der Waals surface area (Å²) in [6.07, 6.45) is 0. The van der Waals surface area contributed by atoms with Crippen molar-refractivity contribution in [1.29, 1.82) is 0 Å². The molecule has 0 aliphatic carbocycles. The molecule has 1 aromatic carbocycles. The van der Waals surface area contributed by atoms with Gasteiger partial charge in [0.25, 0.3) is 0 Å². The molecule has 0 saturated carbocycles. The smallest absolute Gasteiger partial charge is 0.338 e. The van der Waals surface area contributed by atoms with Gasteiger partial charge >= 0.3 is 5.97 Å². The van der Waals surface area contributed by atoms with Crippen LogP contribution < -0.4 is 10.5 Å². The number of likely N-dealkylation sites (N-methyl/N-ethyl adjacent to an activating group) is 1. The first-order valence-electron chi connectivity index (χ1n) is 7.04. The van der Waals surface area contributed by atoms with Gasteiger partial charge in [-0.05, 0) is 38.2 Å². The molecule has 0 spiro atoms. The highest BCUT2D eigenvalue weighted by molar-refractivity contribution is 5.91. The third-order valence-corrected chi connectivity index (χ3v) is 3.08. The highest BCUT2D eigenvalue weighted by Gasteiger charge is 2.09. The predicted molar refractivity (Wildman–Crippen MR) is 80.1 cm³/mol. The van der Waals surface area contributed by atoms with Crippen LogP contribution in [0.3, 0.4) is 0 Å². The van der Waals surface area contributed by atoms with Crippen molar-refractivity contribution in [2.45, 2.75) is 20.8 Å². The van der Waals surface area contributed by atoms with Crippen molar-refractivity contribution in [3.63, 3.8) is 0 Å². The zero-order valence-corrected chi connectivity index (χ0v) is 12.5. The number of esters is 1. The summed E-state index contributed by atoms with van der Waals surface area (Å²) >= 11 is 0. The maximum atomic E-state index is 11.6. The van der Waals surface area contributed by atoms with E-state index in [0.717, 1.165) is 19.6 Å². The van der Waals surface area contributed by atoms with Gasteiger partial charge in [0.05, 0.1) is 17.9 Å². The molecule has 0 aromatic heterocycles. The van der Waals surface area contributed by atoms with Gasteiger partial charge in [0, 0.05) is 6.54 Å². The summed E-state index contributed by atoms with van der Waals surface area (Å²) < 4.78 is 10.6. The van der Waals surface area contributed by atoms with Gasteiger partial charge in [-0.2, -0.15) is 0 Å². The Morgan fingerprint density at radius 2 is 1.95 bits per heavy atom. The number of hydrogen-bond donors (Lipinski definition) is 1. The lowest BCUT2D eigenvalue weighted by Crippen LogP contribution is -2.28. The summed E-state index contributed by atoms with van der Waals surface area (Å²) in [6, 6.07) is 4.97. The molecule has 0 heterocycles. The summed E-state index contributed by atoms with van der Waals surface area (Å²) in [5.41, 5.74) is 6.79. The molecule has 0 saturated heterocycles. The highest BCUT2D eigenvalue weighted by atomic mass is 16.5. The Labute approximate surface area is 120 Å². The Hall–Kier alpha value is -1.75. The number of hydrogen-bond acceptors (Lipinski definition) is 5. The fourth-order valence-electron chi connectivity index (χ4n) is 1.85. The number of carbonyl (C=O) groups is 1. The molecular weight excluding hydrogens is 256 g/mol. The first-order valence-corrected chi connectivity index (χ1v) is 7.04. The molecule has 0 aliphatic rings. The molecule has 1 rings (SSSR count). The normalized spacial score (nSPS) is 10.6. The fourth-order valence-corrected chi connectivity index (χ4v) is 1.85. The molecule has 112 valence electrons. The van der Waals surface area contributed by atoms with E-state index in [2.05, 4.69) is 18.7 Å². The van der Waals surface area contributed by atoms with Crippen molar-refractivity contribution < 1.29 is 14.3 Å². The Morgan fingerprint density at radius 3 is 2.50 bits per heavy atom. The standard InChI is InChI=1S/C15H24N2O3/c1-4-17(5-2)9-10-20-14-8-7-12(11-13(14)16)15(18)19-6-3/h7-8,11H,4-6,9-10,16H2,1-3H3. The molecule has 0 radical (unpaired) electrons. The van der Waals surface area contributed by atoms with Crippen LogP contribution in [0.15, 0.2) is 18.2 Å². The van der Waals surface area contributed by atoms with Crippen molar-refractivity contribution in [3.8, 4) is 5.75 Å². The Kier molecular flexibility index (Phi) is 6.87. The van der Waals surface area contributed by atoms with E-state index in [-0.39, 0.29) is 5.97 Å². The topological polar surface area (TPSA) is 64.8 Å². The minimum atomic E-state index is -0.367. The molecule has 20 heavy (non-hydrogen) atoms. The van der Waals surface area contributed by atoms with Crippen molar-refractivity contribution >= 4 is 11.7 Å². The first-order chi connectivity index (χ1) is 9.62. The zero-order valence-electron chi connectivity index (χ0n) is 12.5. The molecule has 5 nitrogen and oxygen atoms in total. The Morgan fingerprint density at radius 1 is 1.25 bits per heavy atom. The summed E-state index contributed by atoms with van der Waals surface area (Å²) in [6.45, 7) is 9.77. The number of benzene rings is 1. The molecule has 0 fully saturated rings. The number of nitrogen functional groups attached to an aromatic ring is 1. The van der Waals surface area contributed by atoms with Gasteiger partial charge in [0.2, 0.25) is 0 Å². The van der Waals surface area contributed by atoms with Crippen LogP contribution in [-0.2, 0) is 4.74 Å². The molecule has 0 atom stereocenters. The van der Waals surface area contributed by atoms with Crippen LogP contribution in [0.1, 0.15) is 31.1 Å². The van der Waals surface area contributed by atoms with Crippen LogP contribution in [0, 0.1) is 0 Å².